The summed E-state index contributed by atoms with van der Waals surface area (Å²) in [5.41, 5.74) is 0. The van der Waals surface area contributed by atoms with Crippen molar-refractivity contribution in [3.8, 4) is 0 Å². The zero-order valence-corrected chi connectivity index (χ0v) is 10.3. The Hall–Kier alpha value is -0.850. The van der Waals surface area contributed by atoms with E-state index in [9.17, 15) is 13.2 Å². The third kappa shape index (κ3) is 1.49. The number of fused-ring (bicyclic) bond motifs is 5. The third-order valence-corrected chi connectivity index (χ3v) is 5.59. The Morgan fingerprint density at radius 2 is 1.78 bits per heavy atom. The molecular weight excluding hydrogens is 263 g/mol. The minimum Gasteiger partial charge on any atom is -0.357 e. The molecule has 18 heavy (non-hydrogen) atoms. The second-order valence-corrected chi connectivity index (χ2v) is 6.55. The molecular formula is C11H12F3N3S. The molecule has 3 fully saturated rings. The zero-order chi connectivity index (χ0) is 12.5. The minimum absolute atomic E-state index is 0.320. The van der Waals surface area contributed by atoms with E-state index in [-0.39, 0.29) is 0 Å². The van der Waals surface area contributed by atoms with E-state index in [1.165, 1.54) is 19.3 Å². The fraction of sp³-hybridized carbons (Fsp3) is 0.818. The largest absolute Gasteiger partial charge is 0.445 e. The molecule has 3 saturated carbocycles. The average Bonchev–Trinajstić information content (AvgIpc) is 2.75. The Balaban J connectivity index is 1.46. The number of rotatable bonds is 2. The highest BCUT2D eigenvalue weighted by Gasteiger charge is 2.65. The van der Waals surface area contributed by atoms with Crippen molar-refractivity contribution in [1.82, 2.24) is 10.2 Å². The Labute approximate surface area is 106 Å². The lowest BCUT2D eigenvalue weighted by atomic mass is 10.0. The average molecular weight is 275 g/mol. The molecule has 1 aromatic heterocycles. The molecule has 3 nitrogen and oxygen atoms in total. The van der Waals surface area contributed by atoms with E-state index >= 15 is 0 Å². The molecule has 3 aliphatic carbocycles. The van der Waals surface area contributed by atoms with Crippen LogP contribution in [-0.4, -0.2) is 16.2 Å². The number of nitrogens with one attached hydrogen (secondary N) is 1. The summed E-state index contributed by atoms with van der Waals surface area (Å²) < 4.78 is 37.2. The lowest BCUT2D eigenvalue weighted by molar-refractivity contribution is -0.138. The molecule has 1 aromatic rings. The summed E-state index contributed by atoms with van der Waals surface area (Å²) in [6, 6.07) is 0.352. The molecule has 2 bridgehead atoms. The topological polar surface area (TPSA) is 37.8 Å². The van der Waals surface area contributed by atoms with Crippen LogP contribution in [0.5, 0.6) is 0 Å². The number of aromatic nitrogens is 2. The van der Waals surface area contributed by atoms with Gasteiger partial charge in [0.15, 0.2) is 0 Å². The van der Waals surface area contributed by atoms with Crippen LogP contribution in [0.25, 0.3) is 0 Å². The van der Waals surface area contributed by atoms with E-state index in [1.54, 1.807) is 0 Å². The number of anilines is 1. The predicted molar refractivity (Wildman–Crippen MR) is 60.1 cm³/mol. The molecule has 0 aromatic carbocycles. The predicted octanol–water partition coefficient (Wildman–Crippen LogP) is 3.01. The van der Waals surface area contributed by atoms with Gasteiger partial charge in [-0.25, -0.2) is 0 Å². The van der Waals surface area contributed by atoms with E-state index < -0.39 is 11.2 Å². The summed E-state index contributed by atoms with van der Waals surface area (Å²) in [6.45, 7) is 0. The number of hydrogen-bond acceptors (Lipinski definition) is 4. The molecule has 3 aliphatic rings. The normalized spacial score (nSPS) is 40.9. The first-order valence-electron chi connectivity index (χ1n) is 6.21. The van der Waals surface area contributed by atoms with Crippen LogP contribution < -0.4 is 5.32 Å². The highest BCUT2D eigenvalue weighted by molar-refractivity contribution is 7.15. The molecule has 1 N–H and O–H groups in total. The first-order chi connectivity index (χ1) is 8.54. The Kier molecular flexibility index (Phi) is 2.06. The summed E-state index contributed by atoms with van der Waals surface area (Å²) in [5.74, 6) is 2.96. The van der Waals surface area contributed by atoms with Gasteiger partial charge in [0.1, 0.15) is 0 Å². The van der Waals surface area contributed by atoms with Crippen molar-refractivity contribution in [2.24, 2.45) is 23.7 Å². The quantitative estimate of drug-likeness (QED) is 0.901. The van der Waals surface area contributed by atoms with Gasteiger partial charge in [-0.1, -0.05) is 11.3 Å². The number of nitrogens with zero attached hydrogens (tertiary/aromatic N) is 2. The van der Waals surface area contributed by atoms with Crippen molar-refractivity contribution < 1.29 is 13.2 Å². The van der Waals surface area contributed by atoms with Gasteiger partial charge in [-0.3, -0.25) is 0 Å². The van der Waals surface area contributed by atoms with Gasteiger partial charge < -0.3 is 5.32 Å². The van der Waals surface area contributed by atoms with E-state index in [4.69, 9.17) is 0 Å². The number of hydrogen-bond donors (Lipinski definition) is 1. The highest BCUT2D eigenvalue weighted by Crippen LogP contribution is 2.66. The highest BCUT2D eigenvalue weighted by atomic mass is 32.1. The molecule has 0 amide bonds. The van der Waals surface area contributed by atoms with Crippen LogP contribution in [0.15, 0.2) is 0 Å². The van der Waals surface area contributed by atoms with Crippen LogP contribution in [0.3, 0.4) is 0 Å². The van der Waals surface area contributed by atoms with Gasteiger partial charge >= 0.3 is 6.18 Å². The zero-order valence-electron chi connectivity index (χ0n) is 9.44. The first kappa shape index (κ1) is 11.0. The van der Waals surface area contributed by atoms with Crippen molar-refractivity contribution in [1.29, 1.82) is 0 Å². The van der Waals surface area contributed by atoms with Crippen LogP contribution in [0, 0.1) is 23.7 Å². The first-order valence-corrected chi connectivity index (χ1v) is 7.03. The summed E-state index contributed by atoms with van der Waals surface area (Å²) in [5, 5.41) is 9.41. The molecule has 4 rings (SSSR count). The molecule has 0 spiro atoms. The van der Waals surface area contributed by atoms with Crippen molar-refractivity contribution in [3.63, 3.8) is 0 Å². The van der Waals surface area contributed by atoms with Gasteiger partial charge in [-0.2, -0.15) is 13.2 Å². The van der Waals surface area contributed by atoms with Crippen molar-refractivity contribution in [3.05, 3.63) is 5.01 Å². The second kappa shape index (κ2) is 3.37. The lowest BCUT2D eigenvalue weighted by Gasteiger charge is -2.08. The Bertz CT molecular complexity index is 470. The van der Waals surface area contributed by atoms with Crippen LogP contribution >= 0.6 is 11.3 Å². The van der Waals surface area contributed by atoms with Crippen molar-refractivity contribution >= 4 is 16.5 Å². The van der Waals surface area contributed by atoms with Gasteiger partial charge in [0.2, 0.25) is 10.1 Å². The van der Waals surface area contributed by atoms with Crippen LogP contribution in [0.2, 0.25) is 0 Å². The fourth-order valence-electron chi connectivity index (χ4n) is 4.06. The summed E-state index contributed by atoms with van der Waals surface area (Å²) in [6.07, 6.45) is -0.449. The second-order valence-electron chi connectivity index (χ2n) is 5.57. The molecule has 0 saturated heterocycles. The summed E-state index contributed by atoms with van der Waals surface area (Å²) in [4.78, 5) is 0. The van der Waals surface area contributed by atoms with E-state index in [1.807, 2.05) is 0 Å². The molecule has 0 radical (unpaired) electrons. The van der Waals surface area contributed by atoms with E-state index in [2.05, 4.69) is 15.5 Å². The van der Waals surface area contributed by atoms with Gasteiger partial charge in [0.25, 0.3) is 0 Å². The van der Waals surface area contributed by atoms with Gasteiger partial charge in [0.05, 0.1) is 0 Å². The van der Waals surface area contributed by atoms with Crippen molar-refractivity contribution in [2.45, 2.75) is 31.5 Å². The molecule has 98 valence electrons. The number of halogens is 3. The van der Waals surface area contributed by atoms with Gasteiger partial charge in [0, 0.05) is 6.04 Å². The third-order valence-electron chi connectivity index (χ3n) is 4.69. The Morgan fingerprint density at radius 3 is 2.33 bits per heavy atom. The lowest BCUT2D eigenvalue weighted by Crippen LogP contribution is -2.12. The van der Waals surface area contributed by atoms with Gasteiger partial charge in [-0.05, 0) is 42.9 Å². The molecule has 7 heteroatoms. The molecule has 4 unspecified atom stereocenters. The van der Waals surface area contributed by atoms with Crippen LogP contribution in [-0.2, 0) is 6.18 Å². The maximum Gasteiger partial charge on any atom is 0.445 e. The fourth-order valence-corrected chi connectivity index (χ4v) is 4.71. The summed E-state index contributed by atoms with van der Waals surface area (Å²) >= 11 is 0.611. The van der Waals surface area contributed by atoms with E-state index in [0.717, 1.165) is 11.8 Å². The molecule has 4 atom stereocenters. The monoisotopic (exact) mass is 275 g/mol. The van der Waals surface area contributed by atoms with Crippen LogP contribution in [0.1, 0.15) is 24.3 Å². The molecule has 0 aliphatic heterocycles. The Morgan fingerprint density at radius 1 is 1.11 bits per heavy atom. The van der Waals surface area contributed by atoms with E-state index in [0.29, 0.717) is 34.3 Å². The minimum atomic E-state index is -4.38. The summed E-state index contributed by atoms with van der Waals surface area (Å²) in [7, 11) is 0. The molecule has 1 heterocycles. The maximum absolute atomic E-state index is 12.4. The maximum atomic E-state index is 12.4. The standard InChI is InChI=1S/C11H12F3N3S/c12-11(13,14)9-16-17-10(18-9)15-8-6-4-1-2-5(3-4)7(6)8/h4-8H,1-3H2,(H,15,17). The van der Waals surface area contributed by atoms with Crippen molar-refractivity contribution in [2.75, 3.05) is 5.32 Å². The smallest absolute Gasteiger partial charge is 0.357 e. The van der Waals surface area contributed by atoms with Crippen LogP contribution in [0.4, 0.5) is 18.3 Å². The number of alkyl halides is 3. The van der Waals surface area contributed by atoms with Gasteiger partial charge in [-0.15, -0.1) is 10.2 Å². The SMILES string of the molecule is FC(F)(F)c1nnc(NC2C3C4CCC(C4)C23)s1.